The molecule has 0 aliphatic carbocycles. The number of amides is 3. The van der Waals surface area contributed by atoms with E-state index >= 15 is 0 Å². The van der Waals surface area contributed by atoms with Gasteiger partial charge in [0.15, 0.2) is 5.17 Å². The maximum absolute atomic E-state index is 14.8. The van der Waals surface area contributed by atoms with E-state index in [0.29, 0.717) is 27.9 Å². The van der Waals surface area contributed by atoms with Gasteiger partial charge in [0.25, 0.3) is 5.91 Å². The molecule has 8 nitrogen and oxygen atoms in total. The lowest BCUT2D eigenvalue weighted by Crippen LogP contribution is -2.52. The maximum atomic E-state index is 14.8. The van der Waals surface area contributed by atoms with Gasteiger partial charge in [0, 0.05) is 55.4 Å². The summed E-state index contributed by atoms with van der Waals surface area (Å²) in [5, 5.41) is 2.07. The first-order valence-corrected chi connectivity index (χ1v) is 17.9. The summed E-state index contributed by atoms with van der Waals surface area (Å²) in [5.41, 5.74) is 2.30. The van der Waals surface area contributed by atoms with Crippen LogP contribution in [-0.4, -0.2) is 81.3 Å². The fraction of sp³-hybridized carbons (Fsp3) is 0.500. The van der Waals surface area contributed by atoms with E-state index < -0.39 is 11.6 Å². The lowest BCUT2D eigenvalue weighted by atomic mass is 9.81. The molecule has 3 aliphatic heterocycles. The Morgan fingerprint density at radius 2 is 1.60 bits per heavy atom. The Labute approximate surface area is 293 Å². The van der Waals surface area contributed by atoms with Crippen LogP contribution in [0.5, 0.6) is 0 Å². The van der Waals surface area contributed by atoms with E-state index in [9.17, 15) is 14.4 Å². The summed E-state index contributed by atoms with van der Waals surface area (Å²) in [6, 6.07) is 14.6. The Bertz CT molecular complexity index is 1590. The zero-order valence-corrected chi connectivity index (χ0v) is 30.8. The molecule has 2 aromatic carbocycles. The highest BCUT2D eigenvalue weighted by Gasteiger charge is 2.54. The molecule has 0 unspecified atom stereocenters. The van der Waals surface area contributed by atoms with E-state index in [4.69, 9.17) is 28.2 Å². The number of halogens is 2. The van der Waals surface area contributed by atoms with Crippen molar-refractivity contribution in [3.05, 3.63) is 80.3 Å². The van der Waals surface area contributed by atoms with Crippen LogP contribution in [0.4, 0.5) is 0 Å². The number of likely N-dealkylation sites (N-methyl/N-ethyl adjacent to an activating group) is 2. The molecule has 1 saturated heterocycles. The molecule has 3 heterocycles. The first kappa shape index (κ1) is 35.3. The van der Waals surface area contributed by atoms with Crippen LogP contribution < -0.4 is 0 Å². The van der Waals surface area contributed by atoms with E-state index in [0.717, 1.165) is 34.8 Å². The van der Waals surface area contributed by atoms with Crippen LogP contribution >= 0.6 is 35.0 Å². The van der Waals surface area contributed by atoms with Gasteiger partial charge in [-0.05, 0) is 86.2 Å². The molecule has 0 radical (unpaired) electrons. The van der Waals surface area contributed by atoms with Gasteiger partial charge in [0.1, 0.15) is 16.5 Å². The van der Waals surface area contributed by atoms with Crippen molar-refractivity contribution >= 4 is 57.9 Å². The number of amidine groups is 1. The molecule has 0 saturated carbocycles. The third-order valence-corrected chi connectivity index (χ3v) is 11.5. The number of nitrogens with zero attached hydrogens (tertiary/aromatic N) is 5. The van der Waals surface area contributed by atoms with Crippen LogP contribution in [0.3, 0.4) is 0 Å². The van der Waals surface area contributed by atoms with Gasteiger partial charge in [0.2, 0.25) is 11.8 Å². The summed E-state index contributed by atoms with van der Waals surface area (Å²) < 4.78 is 0. The van der Waals surface area contributed by atoms with Crippen molar-refractivity contribution < 1.29 is 14.4 Å². The molecule has 3 aliphatic rings. The molecule has 5 rings (SSSR count). The number of hydrogen-bond acceptors (Lipinski definition) is 6. The predicted molar refractivity (Wildman–Crippen MR) is 191 cm³/mol. The summed E-state index contributed by atoms with van der Waals surface area (Å²) >= 11 is 14.0. The number of thioether (sulfide) groups is 1. The lowest BCUT2D eigenvalue weighted by molar-refractivity contribution is -0.143. The second-order valence-corrected chi connectivity index (χ2v) is 15.3. The molecule has 47 heavy (non-hydrogen) atoms. The lowest BCUT2D eigenvalue weighted by Gasteiger charge is -2.37. The molecule has 11 heteroatoms. The monoisotopic (exact) mass is 697 g/mol. The normalized spacial score (nSPS) is 24.5. The van der Waals surface area contributed by atoms with Gasteiger partial charge in [-0.15, -0.1) is 0 Å². The largest absolute Gasteiger partial charge is 0.342 e. The summed E-state index contributed by atoms with van der Waals surface area (Å²) in [6.45, 7) is 12.2. The Morgan fingerprint density at radius 1 is 1.00 bits per heavy atom. The molecule has 252 valence electrons. The number of aliphatic imine (C=N–C) groups is 1. The van der Waals surface area contributed by atoms with E-state index in [2.05, 4.69) is 32.6 Å². The smallest absolute Gasteiger partial charge is 0.263 e. The fourth-order valence-electron chi connectivity index (χ4n) is 7.19. The molecule has 0 bridgehead atoms. The van der Waals surface area contributed by atoms with Crippen molar-refractivity contribution in [2.75, 3.05) is 20.6 Å². The highest BCUT2D eigenvalue weighted by atomic mass is 35.5. The fourth-order valence-corrected chi connectivity index (χ4v) is 8.79. The number of carbonyl (C=O) groups is 3. The highest BCUT2D eigenvalue weighted by Crippen LogP contribution is 2.56. The number of fused-ring (bicyclic) bond motifs is 1. The van der Waals surface area contributed by atoms with Gasteiger partial charge in [-0.2, -0.15) is 0 Å². The van der Waals surface area contributed by atoms with Crippen LogP contribution in [-0.2, 0) is 19.9 Å². The minimum Gasteiger partial charge on any atom is -0.342 e. The predicted octanol–water partition coefficient (Wildman–Crippen LogP) is 7.33. The van der Waals surface area contributed by atoms with Gasteiger partial charge in [-0.3, -0.25) is 14.4 Å². The number of hydrogen-bond donors (Lipinski definition) is 0. The number of rotatable bonds is 9. The van der Waals surface area contributed by atoms with E-state index in [1.54, 1.807) is 23.9 Å². The first-order valence-electron chi connectivity index (χ1n) is 16.3. The minimum atomic E-state index is -0.667. The molecule has 3 amide bonds. The third kappa shape index (κ3) is 6.55. The summed E-state index contributed by atoms with van der Waals surface area (Å²) in [7, 11) is 3.50. The third-order valence-electron chi connectivity index (χ3n) is 9.93. The van der Waals surface area contributed by atoms with Crippen molar-refractivity contribution in [1.29, 1.82) is 0 Å². The number of likely N-dealkylation sites (tertiary alicyclic amines) is 1. The molecule has 2 aromatic rings. The van der Waals surface area contributed by atoms with Crippen LogP contribution in [0.2, 0.25) is 10.0 Å². The highest BCUT2D eigenvalue weighted by molar-refractivity contribution is 8.18. The molecular formula is C36H45Cl2N5O3S. The topological polar surface area (TPSA) is 76.5 Å². The van der Waals surface area contributed by atoms with Gasteiger partial charge in [-0.1, -0.05) is 68.2 Å². The van der Waals surface area contributed by atoms with E-state index in [1.807, 2.05) is 60.4 Å². The van der Waals surface area contributed by atoms with Gasteiger partial charge >= 0.3 is 0 Å². The van der Waals surface area contributed by atoms with Gasteiger partial charge in [-0.25, -0.2) is 4.99 Å². The Morgan fingerprint density at radius 3 is 2.15 bits per heavy atom. The average Bonchev–Trinajstić information content (AvgIpc) is 3.70. The molecule has 0 spiro atoms. The van der Waals surface area contributed by atoms with Crippen molar-refractivity contribution in [2.45, 2.75) is 90.5 Å². The maximum Gasteiger partial charge on any atom is 0.263 e. The zero-order chi connectivity index (χ0) is 34.4. The Kier molecular flexibility index (Phi) is 10.4. The van der Waals surface area contributed by atoms with Crippen molar-refractivity contribution in [1.82, 2.24) is 19.6 Å². The van der Waals surface area contributed by atoms with Crippen molar-refractivity contribution in [3.63, 3.8) is 0 Å². The molecule has 5 atom stereocenters. The molecule has 0 aromatic heterocycles. The second kappa shape index (κ2) is 13.8. The van der Waals surface area contributed by atoms with Crippen molar-refractivity contribution in [2.24, 2.45) is 10.9 Å². The molecular weight excluding hydrogens is 653 g/mol. The van der Waals surface area contributed by atoms with Crippen LogP contribution in [0.25, 0.3) is 0 Å². The van der Waals surface area contributed by atoms with Crippen LogP contribution in [0.1, 0.15) is 78.0 Å². The summed E-state index contributed by atoms with van der Waals surface area (Å²) in [6.07, 6.45) is 2.12. The molecule has 1 fully saturated rings. The van der Waals surface area contributed by atoms with E-state index in [-0.39, 0.29) is 41.8 Å². The number of benzene rings is 2. The summed E-state index contributed by atoms with van der Waals surface area (Å²) in [4.78, 5) is 54.0. The number of allylic oxidation sites excluding steroid dienone is 1. The van der Waals surface area contributed by atoms with Crippen LogP contribution in [0, 0.1) is 5.92 Å². The second-order valence-electron chi connectivity index (χ2n) is 13.4. The van der Waals surface area contributed by atoms with E-state index in [1.165, 1.54) is 18.7 Å². The Hall–Kier alpha value is -3.01. The SMILES string of the molecule is CC[C@@H]1CC[C@@H](C(=O)N(C)C[C@H](C)N(C)C(C)=O)N1C(=O)C1=C(C(C)C)N2C(=N[C@@](C)(c3ccc(Cl)cc3)[C@H]2c2ccc(Cl)cc2)S1. The van der Waals surface area contributed by atoms with Gasteiger partial charge < -0.3 is 19.6 Å². The van der Waals surface area contributed by atoms with Crippen molar-refractivity contribution in [3.8, 4) is 0 Å². The summed E-state index contributed by atoms with van der Waals surface area (Å²) in [5.74, 6) is -0.274. The Balaban J connectivity index is 1.53. The quantitative estimate of drug-likeness (QED) is 0.274. The molecule has 0 N–H and O–H groups in total. The average molecular weight is 699 g/mol. The zero-order valence-electron chi connectivity index (χ0n) is 28.5. The number of carbonyl (C=O) groups excluding carboxylic acids is 3. The minimum absolute atomic E-state index is 0.000935. The first-order chi connectivity index (χ1) is 22.2. The standard InChI is InChI=1S/C36H45Cl2N5O3S/c1-9-28-18-19-29(33(45)40(7)20-22(4)41(8)23(5)44)42(28)34(46)31-30(21(2)3)43-32(24-10-14-26(37)15-11-24)36(6,39-35(43)47-31)25-12-16-27(38)17-13-25/h10-17,21-22,28-29,32H,9,18-20H2,1-8H3/t22-,28+,29-,32+,36-/m0/s1. The van der Waals surface area contributed by atoms with Gasteiger partial charge in [0.05, 0.1) is 6.04 Å². The van der Waals surface area contributed by atoms with Crippen LogP contribution in [0.15, 0.2) is 64.1 Å².